The SMILES string of the molecule is CC(C)COCCNCc1ccc(N2CCCC2)cc1. The van der Waals surface area contributed by atoms with Crippen LogP contribution in [0.1, 0.15) is 32.3 Å². The highest BCUT2D eigenvalue weighted by Gasteiger charge is 2.11. The molecule has 112 valence electrons. The van der Waals surface area contributed by atoms with Crippen molar-refractivity contribution in [2.45, 2.75) is 33.2 Å². The summed E-state index contributed by atoms with van der Waals surface area (Å²) in [6.07, 6.45) is 2.67. The van der Waals surface area contributed by atoms with Crippen LogP contribution in [0.2, 0.25) is 0 Å². The average molecular weight is 276 g/mol. The summed E-state index contributed by atoms with van der Waals surface area (Å²) in [5.41, 5.74) is 2.71. The lowest BCUT2D eigenvalue weighted by molar-refractivity contribution is 0.111. The smallest absolute Gasteiger partial charge is 0.0591 e. The third-order valence-electron chi connectivity index (χ3n) is 3.61. The number of nitrogens with one attached hydrogen (secondary N) is 1. The molecule has 0 aromatic heterocycles. The quantitative estimate of drug-likeness (QED) is 0.739. The summed E-state index contributed by atoms with van der Waals surface area (Å²) < 4.78 is 5.55. The van der Waals surface area contributed by atoms with E-state index in [4.69, 9.17) is 4.74 Å². The Kier molecular flexibility index (Phi) is 6.34. The molecule has 0 bridgehead atoms. The van der Waals surface area contributed by atoms with Crippen LogP contribution in [0.15, 0.2) is 24.3 Å². The maximum Gasteiger partial charge on any atom is 0.0591 e. The Hall–Kier alpha value is -1.06. The summed E-state index contributed by atoms with van der Waals surface area (Å²) in [5.74, 6) is 0.619. The molecule has 2 rings (SSSR count). The van der Waals surface area contributed by atoms with E-state index in [0.717, 1.165) is 26.3 Å². The molecule has 1 aliphatic heterocycles. The fourth-order valence-corrected chi connectivity index (χ4v) is 2.50. The van der Waals surface area contributed by atoms with Crippen LogP contribution in [0, 0.1) is 5.92 Å². The maximum atomic E-state index is 5.55. The molecule has 3 nitrogen and oxygen atoms in total. The van der Waals surface area contributed by atoms with E-state index in [0.29, 0.717) is 5.92 Å². The third kappa shape index (κ3) is 5.14. The number of rotatable bonds is 8. The minimum Gasteiger partial charge on any atom is -0.380 e. The Morgan fingerprint density at radius 2 is 1.85 bits per heavy atom. The van der Waals surface area contributed by atoms with Crippen LogP contribution in [-0.4, -0.2) is 32.8 Å². The molecule has 0 amide bonds. The lowest BCUT2D eigenvalue weighted by Crippen LogP contribution is -2.20. The van der Waals surface area contributed by atoms with Gasteiger partial charge in [-0.3, -0.25) is 0 Å². The monoisotopic (exact) mass is 276 g/mol. The van der Waals surface area contributed by atoms with Crippen molar-refractivity contribution < 1.29 is 4.74 Å². The van der Waals surface area contributed by atoms with Crippen LogP contribution < -0.4 is 10.2 Å². The van der Waals surface area contributed by atoms with Crippen LogP contribution in [0.25, 0.3) is 0 Å². The summed E-state index contributed by atoms with van der Waals surface area (Å²) in [7, 11) is 0. The van der Waals surface area contributed by atoms with Gasteiger partial charge in [0.15, 0.2) is 0 Å². The number of benzene rings is 1. The molecule has 0 unspecified atom stereocenters. The van der Waals surface area contributed by atoms with Crippen molar-refractivity contribution in [1.82, 2.24) is 5.32 Å². The van der Waals surface area contributed by atoms with Gasteiger partial charge in [-0.1, -0.05) is 26.0 Å². The fourth-order valence-electron chi connectivity index (χ4n) is 2.50. The van der Waals surface area contributed by atoms with E-state index in [-0.39, 0.29) is 0 Å². The van der Waals surface area contributed by atoms with Crippen molar-refractivity contribution in [2.75, 3.05) is 37.7 Å². The van der Waals surface area contributed by atoms with Crippen molar-refractivity contribution in [3.8, 4) is 0 Å². The molecule has 1 heterocycles. The van der Waals surface area contributed by atoms with E-state index in [1.54, 1.807) is 0 Å². The molecule has 3 heteroatoms. The van der Waals surface area contributed by atoms with Crippen LogP contribution in [0.5, 0.6) is 0 Å². The van der Waals surface area contributed by atoms with Crippen molar-refractivity contribution in [1.29, 1.82) is 0 Å². The third-order valence-corrected chi connectivity index (χ3v) is 3.61. The topological polar surface area (TPSA) is 24.5 Å². The summed E-state index contributed by atoms with van der Waals surface area (Å²) in [6.45, 7) is 10.3. The maximum absolute atomic E-state index is 5.55. The van der Waals surface area contributed by atoms with Gasteiger partial charge in [0.2, 0.25) is 0 Å². The first kappa shape index (κ1) is 15.3. The van der Waals surface area contributed by atoms with Gasteiger partial charge in [-0.2, -0.15) is 0 Å². The zero-order valence-corrected chi connectivity index (χ0v) is 12.9. The molecule has 1 aromatic carbocycles. The van der Waals surface area contributed by atoms with E-state index in [2.05, 4.69) is 48.3 Å². The summed E-state index contributed by atoms with van der Waals surface area (Å²) in [6, 6.07) is 8.96. The molecule has 1 saturated heterocycles. The normalized spacial score (nSPS) is 15.2. The number of anilines is 1. The van der Waals surface area contributed by atoms with E-state index in [9.17, 15) is 0 Å². The Labute approximate surface area is 123 Å². The average Bonchev–Trinajstić information content (AvgIpc) is 2.97. The molecule has 0 atom stereocenters. The van der Waals surface area contributed by atoms with Gasteiger partial charge in [0.05, 0.1) is 6.61 Å². The van der Waals surface area contributed by atoms with E-state index >= 15 is 0 Å². The lowest BCUT2D eigenvalue weighted by atomic mass is 10.2. The molecule has 0 radical (unpaired) electrons. The summed E-state index contributed by atoms with van der Waals surface area (Å²) in [5, 5.41) is 3.43. The van der Waals surface area contributed by atoms with Gasteiger partial charge in [-0.15, -0.1) is 0 Å². The predicted octanol–water partition coefficient (Wildman–Crippen LogP) is 3.05. The lowest BCUT2D eigenvalue weighted by Gasteiger charge is -2.17. The molecule has 20 heavy (non-hydrogen) atoms. The first-order valence-electron chi connectivity index (χ1n) is 7.88. The minimum atomic E-state index is 0.619. The first-order chi connectivity index (χ1) is 9.75. The molecule has 1 N–H and O–H groups in total. The van der Waals surface area contributed by atoms with Gasteiger partial charge in [-0.05, 0) is 36.5 Å². The zero-order chi connectivity index (χ0) is 14.2. The van der Waals surface area contributed by atoms with Crippen LogP contribution in [0.3, 0.4) is 0 Å². The van der Waals surface area contributed by atoms with E-state index in [1.807, 2.05) is 0 Å². The van der Waals surface area contributed by atoms with Gasteiger partial charge in [0, 0.05) is 38.5 Å². The molecule has 1 aromatic rings. The molecule has 1 fully saturated rings. The van der Waals surface area contributed by atoms with Crippen LogP contribution in [-0.2, 0) is 11.3 Å². The second kappa shape index (κ2) is 8.28. The van der Waals surface area contributed by atoms with E-state index in [1.165, 1.54) is 37.2 Å². The second-order valence-electron chi connectivity index (χ2n) is 6.01. The number of hydrogen-bond donors (Lipinski definition) is 1. The number of nitrogens with zero attached hydrogens (tertiary/aromatic N) is 1. The Morgan fingerprint density at radius 3 is 2.50 bits per heavy atom. The molecular weight excluding hydrogens is 248 g/mol. The van der Waals surface area contributed by atoms with Gasteiger partial charge in [0.25, 0.3) is 0 Å². The molecule has 0 spiro atoms. The number of hydrogen-bond acceptors (Lipinski definition) is 3. The Balaban J connectivity index is 1.63. The summed E-state index contributed by atoms with van der Waals surface area (Å²) in [4.78, 5) is 2.47. The van der Waals surface area contributed by atoms with Crippen molar-refractivity contribution >= 4 is 5.69 Å². The largest absolute Gasteiger partial charge is 0.380 e. The highest BCUT2D eigenvalue weighted by atomic mass is 16.5. The second-order valence-corrected chi connectivity index (χ2v) is 6.01. The Morgan fingerprint density at radius 1 is 1.15 bits per heavy atom. The Bertz CT molecular complexity index is 369. The molecule has 1 aliphatic rings. The number of ether oxygens (including phenoxy) is 1. The van der Waals surface area contributed by atoms with Crippen molar-refractivity contribution in [3.63, 3.8) is 0 Å². The van der Waals surface area contributed by atoms with Crippen molar-refractivity contribution in [2.24, 2.45) is 5.92 Å². The fraction of sp³-hybridized carbons (Fsp3) is 0.647. The van der Waals surface area contributed by atoms with Gasteiger partial charge >= 0.3 is 0 Å². The first-order valence-corrected chi connectivity index (χ1v) is 7.88. The van der Waals surface area contributed by atoms with Gasteiger partial charge in [0.1, 0.15) is 0 Å². The zero-order valence-electron chi connectivity index (χ0n) is 12.9. The van der Waals surface area contributed by atoms with Gasteiger partial charge in [-0.25, -0.2) is 0 Å². The molecule has 0 aliphatic carbocycles. The highest BCUT2D eigenvalue weighted by Crippen LogP contribution is 2.20. The minimum absolute atomic E-state index is 0.619. The molecular formula is C17H28N2O. The highest BCUT2D eigenvalue weighted by molar-refractivity contribution is 5.48. The van der Waals surface area contributed by atoms with Crippen LogP contribution in [0.4, 0.5) is 5.69 Å². The standard InChI is InChI=1S/C17H28N2O/c1-15(2)14-20-12-9-18-13-16-5-7-17(8-6-16)19-10-3-4-11-19/h5-8,15,18H,3-4,9-14H2,1-2H3. The van der Waals surface area contributed by atoms with Crippen LogP contribution >= 0.6 is 0 Å². The summed E-state index contributed by atoms with van der Waals surface area (Å²) >= 11 is 0. The molecule has 0 saturated carbocycles. The van der Waals surface area contributed by atoms with Gasteiger partial charge < -0.3 is 15.0 Å². The predicted molar refractivity (Wildman–Crippen MR) is 85.3 cm³/mol. The van der Waals surface area contributed by atoms with E-state index < -0.39 is 0 Å². The van der Waals surface area contributed by atoms with Crippen molar-refractivity contribution in [3.05, 3.63) is 29.8 Å².